The maximum absolute atomic E-state index is 13.0. The highest BCUT2D eigenvalue weighted by molar-refractivity contribution is 7.12. The standard InChI is InChI=1S/C12H13F2NO3S/c13-12(14)4-1-7(2-5-12)10(16)15-8-3-6-19-9(8)11(17)18/h3,6-7H,1-2,4-5H2,(H,15,16)(H,17,18). The minimum absolute atomic E-state index is 0.0505. The van der Waals surface area contributed by atoms with Gasteiger partial charge < -0.3 is 10.4 Å². The minimum Gasteiger partial charge on any atom is -0.477 e. The number of thiophene rings is 1. The molecule has 4 nitrogen and oxygen atoms in total. The summed E-state index contributed by atoms with van der Waals surface area (Å²) in [6, 6.07) is 1.50. The largest absolute Gasteiger partial charge is 0.477 e. The molecular weight excluding hydrogens is 276 g/mol. The van der Waals surface area contributed by atoms with E-state index >= 15 is 0 Å². The van der Waals surface area contributed by atoms with Crippen molar-refractivity contribution in [2.75, 3.05) is 5.32 Å². The lowest BCUT2D eigenvalue weighted by Gasteiger charge is -2.27. The van der Waals surface area contributed by atoms with Gasteiger partial charge in [-0.15, -0.1) is 11.3 Å². The van der Waals surface area contributed by atoms with Gasteiger partial charge in [0.25, 0.3) is 0 Å². The normalized spacial score (nSPS) is 19.1. The van der Waals surface area contributed by atoms with E-state index in [2.05, 4.69) is 5.32 Å². The van der Waals surface area contributed by atoms with Gasteiger partial charge in [0.15, 0.2) is 0 Å². The number of carbonyl (C=O) groups excluding carboxylic acids is 1. The molecule has 0 aliphatic heterocycles. The van der Waals surface area contributed by atoms with E-state index in [4.69, 9.17) is 5.11 Å². The highest BCUT2D eigenvalue weighted by Gasteiger charge is 2.37. The summed E-state index contributed by atoms with van der Waals surface area (Å²) in [6.07, 6.45) is -0.322. The SMILES string of the molecule is O=C(O)c1sccc1NC(=O)C1CCC(F)(F)CC1. The van der Waals surface area contributed by atoms with Crippen LogP contribution in [0.2, 0.25) is 0 Å². The molecule has 0 spiro atoms. The molecule has 1 aromatic rings. The summed E-state index contributed by atoms with van der Waals surface area (Å²) < 4.78 is 26.0. The van der Waals surface area contributed by atoms with E-state index in [0.717, 1.165) is 11.3 Å². The van der Waals surface area contributed by atoms with Crippen molar-refractivity contribution >= 4 is 28.9 Å². The Labute approximate surface area is 112 Å². The maximum atomic E-state index is 13.0. The predicted molar refractivity (Wildman–Crippen MR) is 66.8 cm³/mol. The molecule has 1 saturated carbocycles. The number of carboxylic acid groups (broad SMARTS) is 1. The second-order valence-electron chi connectivity index (χ2n) is 4.59. The second-order valence-corrected chi connectivity index (χ2v) is 5.50. The van der Waals surface area contributed by atoms with Gasteiger partial charge in [-0.05, 0) is 24.3 Å². The molecule has 1 fully saturated rings. The molecule has 0 saturated heterocycles. The molecule has 104 valence electrons. The van der Waals surface area contributed by atoms with Crippen molar-refractivity contribution < 1.29 is 23.5 Å². The zero-order valence-corrected chi connectivity index (χ0v) is 10.8. The van der Waals surface area contributed by atoms with E-state index in [9.17, 15) is 18.4 Å². The van der Waals surface area contributed by atoms with Gasteiger partial charge in [-0.25, -0.2) is 13.6 Å². The molecule has 0 aromatic carbocycles. The average Bonchev–Trinajstić information content (AvgIpc) is 2.77. The number of carbonyl (C=O) groups is 2. The molecule has 7 heteroatoms. The van der Waals surface area contributed by atoms with Crippen LogP contribution in [0.25, 0.3) is 0 Å². The second kappa shape index (κ2) is 5.24. The summed E-state index contributed by atoms with van der Waals surface area (Å²) in [5.74, 6) is -4.64. The van der Waals surface area contributed by atoms with Crippen LogP contribution in [0.15, 0.2) is 11.4 Å². The summed E-state index contributed by atoms with van der Waals surface area (Å²) >= 11 is 1.01. The minimum atomic E-state index is -2.68. The number of aromatic carboxylic acids is 1. The lowest BCUT2D eigenvalue weighted by atomic mass is 9.86. The zero-order valence-electron chi connectivity index (χ0n) is 9.99. The number of hydrogen-bond acceptors (Lipinski definition) is 3. The molecular formula is C12H13F2NO3S. The first kappa shape index (κ1) is 13.9. The van der Waals surface area contributed by atoms with Crippen LogP contribution < -0.4 is 5.32 Å². The van der Waals surface area contributed by atoms with Crippen LogP contribution in [0.4, 0.5) is 14.5 Å². The Hall–Kier alpha value is -1.50. The molecule has 2 rings (SSSR count). The van der Waals surface area contributed by atoms with E-state index in [1.54, 1.807) is 5.38 Å². The Kier molecular flexibility index (Phi) is 3.84. The summed E-state index contributed by atoms with van der Waals surface area (Å²) in [5.41, 5.74) is 0.236. The first-order valence-corrected chi connectivity index (χ1v) is 6.76. The third-order valence-electron chi connectivity index (χ3n) is 3.21. The Morgan fingerprint density at radius 3 is 2.58 bits per heavy atom. The van der Waals surface area contributed by atoms with Crippen molar-refractivity contribution in [3.63, 3.8) is 0 Å². The number of amides is 1. The van der Waals surface area contributed by atoms with Crippen molar-refractivity contribution in [1.29, 1.82) is 0 Å². The van der Waals surface area contributed by atoms with E-state index < -0.39 is 17.8 Å². The van der Waals surface area contributed by atoms with E-state index in [0.29, 0.717) is 0 Å². The van der Waals surface area contributed by atoms with Gasteiger partial charge in [0.1, 0.15) is 4.88 Å². The fourth-order valence-corrected chi connectivity index (χ4v) is 2.80. The lowest BCUT2D eigenvalue weighted by molar-refractivity contribution is -0.124. The molecule has 1 aliphatic rings. The third kappa shape index (κ3) is 3.28. The van der Waals surface area contributed by atoms with E-state index in [1.807, 2.05) is 0 Å². The molecule has 0 radical (unpaired) electrons. The number of anilines is 1. The summed E-state index contributed by atoms with van der Waals surface area (Å²) in [4.78, 5) is 22.8. The number of alkyl halides is 2. The summed E-state index contributed by atoms with van der Waals surface area (Å²) in [6.45, 7) is 0. The first-order valence-electron chi connectivity index (χ1n) is 5.88. The quantitative estimate of drug-likeness (QED) is 0.898. The number of carboxylic acids is 1. The van der Waals surface area contributed by atoms with Gasteiger partial charge in [0.05, 0.1) is 5.69 Å². The Balaban J connectivity index is 1.98. The summed E-state index contributed by atoms with van der Waals surface area (Å²) in [7, 11) is 0. The lowest BCUT2D eigenvalue weighted by Crippen LogP contribution is -2.32. The van der Waals surface area contributed by atoms with Crippen LogP contribution >= 0.6 is 11.3 Å². The first-order chi connectivity index (χ1) is 8.89. The maximum Gasteiger partial charge on any atom is 0.348 e. The van der Waals surface area contributed by atoms with Crippen molar-refractivity contribution in [3.8, 4) is 0 Å². The van der Waals surface area contributed by atoms with Gasteiger partial charge in [-0.3, -0.25) is 4.79 Å². The molecule has 19 heavy (non-hydrogen) atoms. The Morgan fingerprint density at radius 1 is 1.37 bits per heavy atom. The van der Waals surface area contributed by atoms with Crippen molar-refractivity contribution in [2.45, 2.75) is 31.6 Å². The van der Waals surface area contributed by atoms with Crippen molar-refractivity contribution in [1.82, 2.24) is 0 Å². The molecule has 0 bridgehead atoms. The van der Waals surface area contributed by atoms with Gasteiger partial charge in [-0.1, -0.05) is 0 Å². The predicted octanol–water partition coefficient (Wildman–Crippen LogP) is 3.21. The Bertz CT molecular complexity index is 491. The van der Waals surface area contributed by atoms with Crippen molar-refractivity contribution in [3.05, 3.63) is 16.3 Å². The highest BCUT2D eigenvalue weighted by Crippen LogP contribution is 2.36. The van der Waals surface area contributed by atoms with Crippen LogP contribution in [0.3, 0.4) is 0 Å². The fraction of sp³-hybridized carbons (Fsp3) is 0.500. The van der Waals surface area contributed by atoms with Gasteiger partial charge in [-0.2, -0.15) is 0 Å². The smallest absolute Gasteiger partial charge is 0.348 e. The van der Waals surface area contributed by atoms with Crippen LogP contribution in [-0.4, -0.2) is 22.9 Å². The summed E-state index contributed by atoms with van der Waals surface area (Å²) in [5, 5.41) is 13.0. The van der Waals surface area contributed by atoms with E-state index in [-0.39, 0.29) is 42.2 Å². The average molecular weight is 289 g/mol. The van der Waals surface area contributed by atoms with Gasteiger partial charge in [0.2, 0.25) is 11.8 Å². The Morgan fingerprint density at radius 2 is 2.00 bits per heavy atom. The van der Waals surface area contributed by atoms with Crippen molar-refractivity contribution in [2.24, 2.45) is 5.92 Å². The molecule has 0 atom stereocenters. The molecule has 1 aromatic heterocycles. The van der Waals surface area contributed by atoms with Crippen LogP contribution in [0.5, 0.6) is 0 Å². The van der Waals surface area contributed by atoms with Gasteiger partial charge in [0, 0.05) is 18.8 Å². The number of hydrogen-bond donors (Lipinski definition) is 2. The molecule has 1 heterocycles. The number of halogens is 2. The zero-order chi connectivity index (χ0) is 14.0. The molecule has 1 amide bonds. The van der Waals surface area contributed by atoms with Gasteiger partial charge >= 0.3 is 5.97 Å². The monoisotopic (exact) mass is 289 g/mol. The van der Waals surface area contributed by atoms with E-state index in [1.165, 1.54) is 6.07 Å². The van der Waals surface area contributed by atoms with Crippen LogP contribution in [-0.2, 0) is 4.79 Å². The molecule has 2 N–H and O–H groups in total. The topological polar surface area (TPSA) is 66.4 Å². The number of nitrogens with one attached hydrogen (secondary N) is 1. The highest BCUT2D eigenvalue weighted by atomic mass is 32.1. The fourth-order valence-electron chi connectivity index (χ4n) is 2.11. The van der Waals surface area contributed by atoms with Crippen LogP contribution in [0.1, 0.15) is 35.4 Å². The number of rotatable bonds is 3. The van der Waals surface area contributed by atoms with Crippen LogP contribution in [0, 0.1) is 5.92 Å². The molecule has 0 unspecified atom stereocenters. The third-order valence-corrected chi connectivity index (χ3v) is 4.11. The molecule has 1 aliphatic carbocycles.